The van der Waals surface area contributed by atoms with Crippen LogP contribution in [-0.2, 0) is 6.42 Å². The van der Waals surface area contributed by atoms with E-state index < -0.39 is 0 Å². The van der Waals surface area contributed by atoms with Crippen LogP contribution < -0.4 is 10.6 Å². The summed E-state index contributed by atoms with van der Waals surface area (Å²) >= 11 is 7.15. The summed E-state index contributed by atoms with van der Waals surface area (Å²) in [6.07, 6.45) is 0.977. The van der Waals surface area contributed by atoms with Crippen molar-refractivity contribution in [2.45, 2.75) is 12.5 Å². The van der Waals surface area contributed by atoms with Crippen LogP contribution in [-0.4, -0.2) is 37.2 Å². The summed E-state index contributed by atoms with van der Waals surface area (Å²) < 4.78 is 0. The molecule has 2 rings (SSSR count). The molecule has 0 fully saturated rings. The van der Waals surface area contributed by atoms with Crippen LogP contribution in [0, 0.1) is 0 Å². The Morgan fingerprint density at radius 3 is 2.55 bits per heavy atom. The van der Waals surface area contributed by atoms with Gasteiger partial charge in [0.1, 0.15) is 0 Å². The van der Waals surface area contributed by atoms with E-state index in [4.69, 9.17) is 12.2 Å². The van der Waals surface area contributed by atoms with E-state index >= 15 is 0 Å². The van der Waals surface area contributed by atoms with Gasteiger partial charge in [0.05, 0.1) is 6.04 Å². The molecule has 0 spiro atoms. The van der Waals surface area contributed by atoms with Crippen LogP contribution in [0.4, 0.5) is 0 Å². The van der Waals surface area contributed by atoms with E-state index in [1.54, 1.807) is 11.3 Å². The third kappa shape index (κ3) is 5.40. The van der Waals surface area contributed by atoms with Gasteiger partial charge in [0, 0.05) is 18.0 Å². The van der Waals surface area contributed by atoms with Gasteiger partial charge in [0.2, 0.25) is 0 Å². The molecule has 0 saturated heterocycles. The Bertz CT molecular complexity index is 553. The van der Waals surface area contributed by atoms with Crippen molar-refractivity contribution in [2.24, 2.45) is 0 Å². The maximum atomic E-state index is 5.37. The zero-order valence-electron chi connectivity index (χ0n) is 13.1. The second-order valence-corrected chi connectivity index (χ2v) is 6.75. The maximum absolute atomic E-state index is 5.37. The minimum Gasteiger partial charge on any atom is -0.362 e. The van der Waals surface area contributed by atoms with Crippen molar-refractivity contribution in [2.75, 3.05) is 27.2 Å². The number of thiophene rings is 1. The minimum atomic E-state index is 0.342. The molecule has 1 aromatic carbocycles. The van der Waals surface area contributed by atoms with Crippen molar-refractivity contribution < 1.29 is 0 Å². The molecule has 0 amide bonds. The van der Waals surface area contributed by atoms with Gasteiger partial charge in [-0.05, 0) is 49.7 Å². The Morgan fingerprint density at radius 1 is 1.14 bits per heavy atom. The second kappa shape index (κ2) is 8.88. The number of hydrogen-bond acceptors (Lipinski definition) is 3. The van der Waals surface area contributed by atoms with Crippen LogP contribution in [0.1, 0.15) is 16.5 Å². The Hall–Kier alpha value is -1.43. The van der Waals surface area contributed by atoms with Crippen LogP contribution in [0.15, 0.2) is 47.8 Å². The fourth-order valence-electron chi connectivity index (χ4n) is 2.24. The number of hydrogen-bond donors (Lipinski definition) is 2. The summed E-state index contributed by atoms with van der Waals surface area (Å²) in [5, 5.41) is 9.43. The zero-order chi connectivity index (χ0) is 15.8. The summed E-state index contributed by atoms with van der Waals surface area (Å²) in [6.45, 7) is 1.66. The lowest BCUT2D eigenvalue weighted by Crippen LogP contribution is -2.40. The molecule has 3 nitrogen and oxygen atoms in total. The molecule has 118 valence electrons. The van der Waals surface area contributed by atoms with E-state index in [1.807, 2.05) is 6.07 Å². The minimum absolute atomic E-state index is 0.342. The average molecular weight is 334 g/mol. The summed E-state index contributed by atoms with van der Waals surface area (Å²) in [5.41, 5.74) is 1.32. The molecule has 0 radical (unpaired) electrons. The lowest BCUT2D eigenvalue weighted by molar-refractivity contribution is 0.303. The van der Waals surface area contributed by atoms with Gasteiger partial charge >= 0.3 is 0 Å². The number of thiocarbonyl (C=S) groups is 1. The van der Waals surface area contributed by atoms with Crippen molar-refractivity contribution in [3.05, 3.63) is 58.3 Å². The zero-order valence-corrected chi connectivity index (χ0v) is 14.7. The van der Waals surface area contributed by atoms with Gasteiger partial charge in [0.25, 0.3) is 0 Å². The van der Waals surface area contributed by atoms with E-state index in [-0.39, 0.29) is 0 Å². The van der Waals surface area contributed by atoms with Crippen molar-refractivity contribution in [1.82, 2.24) is 15.5 Å². The molecule has 0 aliphatic heterocycles. The molecule has 0 unspecified atom stereocenters. The average Bonchev–Trinajstić information content (AvgIpc) is 3.02. The molecule has 0 aliphatic carbocycles. The molecule has 2 N–H and O–H groups in total. The molecule has 0 bridgehead atoms. The van der Waals surface area contributed by atoms with Gasteiger partial charge in [-0.3, -0.25) is 0 Å². The van der Waals surface area contributed by atoms with Crippen LogP contribution in [0.5, 0.6) is 0 Å². The molecular weight excluding hydrogens is 310 g/mol. The highest BCUT2D eigenvalue weighted by Gasteiger charge is 2.15. The Labute approximate surface area is 142 Å². The highest BCUT2D eigenvalue weighted by molar-refractivity contribution is 7.80. The molecule has 5 heteroatoms. The first kappa shape index (κ1) is 16.9. The summed E-state index contributed by atoms with van der Waals surface area (Å²) in [5.74, 6) is 0. The number of benzene rings is 1. The largest absolute Gasteiger partial charge is 0.362 e. The highest BCUT2D eigenvalue weighted by Crippen LogP contribution is 2.22. The number of likely N-dealkylation sites (N-methyl/N-ethyl adjacent to an activating group) is 1. The predicted molar refractivity (Wildman–Crippen MR) is 99.5 cm³/mol. The standard InChI is InChI=1S/C17H23N3S2/c1-20(2)15(16-9-6-12-22-16)13-19-17(21)18-11-10-14-7-4-3-5-8-14/h3-9,12,15H,10-11,13H2,1-2H3,(H2,18,19,21)/t15-/m1/s1. The monoisotopic (exact) mass is 333 g/mol. The number of nitrogens with zero attached hydrogens (tertiary/aromatic N) is 1. The summed E-state index contributed by atoms with van der Waals surface area (Å²) in [7, 11) is 4.19. The molecule has 1 atom stereocenters. The summed E-state index contributed by atoms with van der Waals surface area (Å²) in [6, 6.07) is 15.0. The predicted octanol–water partition coefficient (Wildman–Crippen LogP) is 3.06. The number of rotatable bonds is 7. The Kier molecular flexibility index (Phi) is 6.83. The van der Waals surface area contributed by atoms with Gasteiger partial charge < -0.3 is 15.5 Å². The topological polar surface area (TPSA) is 27.3 Å². The third-order valence-corrected chi connectivity index (χ3v) is 4.76. The summed E-state index contributed by atoms with van der Waals surface area (Å²) in [4.78, 5) is 3.57. The van der Waals surface area contributed by atoms with Crippen LogP contribution in [0.2, 0.25) is 0 Å². The Balaban J connectivity index is 1.72. The van der Waals surface area contributed by atoms with Crippen LogP contribution in [0.25, 0.3) is 0 Å². The normalized spacial score (nSPS) is 12.1. The van der Waals surface area contributed by atoms with E-state index in [2.05, 4.69) is 71.4 Å². The van der Waals surface area contributed by atoms with E-state index in [0.29, 0.717) is 6.04 Å². The third-order valence-electron chi connectivity index (χ3n) is 3.49. The van der Waals surface area contributed by atoms with E-state index in [0.717, 1.165) is 24.6 Å². The first-order valence-electron chi connectivity index (χ1n) is 7.42. The highest BCUT2D eigenvalue weighted by atomic mass is 32.1. The molecule has 2 aromatic rings. The van der Waals surface area contributed by atoms with Gasteiger partial charge in [-0.15, -0.1) is 11.3 Å². The van der Waals surface area contributed by atoms with E-state index in [9.17, 15) is 0 Å². The fraction of sp³-hybridized carbons (Fsp3) is 0.353. The van der Waals surface area contributed by atoms with Gasteiger partial charge in [-0.2, -0.15) is 0 Å². The quantitative estimate of drug-likeness (QED) is 0.762. The first-order chi connectivity index (χ1) is 10.7. The number of nitrogens with one attached hydrogen (secondary N) is 2. The second-order valence-electron chi connectivity index (χ2n) is 5.37. The first-order valence-corrected chi connectivity index (χ1v) is 8.71. The Morgan fingerprint density at radius 2 is 1.91 bits per heavy atom. The van der Waals surface area contributed by atoms with Crippen molar-refractivity contribution in [3.63, 3.8) is 0 Å². The van der Waals surface area contributed by atoms with Crippen molar-refractivity contribution >= 4 is 28.7 Å². The lowest BCUT2D eigenvalue weighted by Gasteiger charge is -2.24. The molecule has 0 aliphatic rings. The van der Waals surface area contributed by atoms with E-state index in [1.165, 1.54) is 10.4 Å². The van der Waals surface area contributed by atoms with Gasteiger partial charge in [-0.1, -0.05) is 36.4 Å². The molecule has 1 heterocycles. The SMILES string of the molecule is CN(C)[C@H](CNC(=S)NCCc1ccccc1)c1cccs1. The van der Waals surface area contributed by atoms with Crippen molar-refractivity contribution in [3.8, 4) is 0 Å². The molecular formula is C17H23N3S2. The maximum Gasteiger partial charge on any atom is 0.166 e. The molecule has 1 aromatic heterocycles. The van der Waals surface area contributed by atoms with Gasteiger partial charge in [-0.25, -0.2) is 0 Å². The molecule has 0 saturated carbocycles. The van der Waals surface area contributed by atoms with Crippen LogP contribution >= 0.6 is 23.6 Å². The van der Waals surface area contributed by atoms with Gasteiger partial charge in [0.15, 0.2) is 5.11 Å². The molecule has 22 heavy (non-hydrogen) atoms. The van der Waals surface area contributed by atoms with Crippen molar-refractivity contribution in [1.29, 1.82) is 0 Å². The van der Waals surface area contributed by atoms with Crippen LogP contribution in [0.3, 0.4) is 0 Å². The fourth-order valence-corrected chi connectivity index (χ4v) is 3.34. The lowest BCUT2D eigenvalue weighted by atomic mass is 10.1. The smallest absolute Gasteiger partial charge is 0.166 e.